The summed E-state index contributed by atoms with van der Waals surface area (Å²) in [6.45, 7) is 3.73. The molecule has 7 nitrogen and oxygen atoms in total. The molecule has 0 bridgehead atoms. The van der Waals surface area contributed by atoms with E-state index in [0.717, 1.165) is 48.9 Å². The normalized spacial score (nSPS) is 15.0. The van der Waals surface area contributed by atoms with E-state index in [2.05, 4.69) is 15.1 Å². The average Bonchev–Trinajstić information content (AvgIpc) is 2.72. The maximum Gasteiger partial charge on any atom is 0.222 e. The molecule has 3 rings (SSSR count). The highest BCUT2D eigenvalue weighted by Crippen LogP contribution is 2.36. The number of aromatic nitrogens is 2. The van der Waals surface area contributed by atoms with Crippen molar-refractivity contribution < 1.29 is 14.3 Å². The highest BCUT2D eigenvalue weighted by molar-refractivity contribution is 5.94. The Kier molecular flexibility index (Phi) is 5.98. The summed E-state index contributed by atoms with van der Waals surface area (Å²) in [5, 5.41) is 10.5. The van der Waals surface area contributed by atoms with Crippen molar-refractivity contribution in [2.24, 2.45) is 0 Å². The molecule has 1 saturated heterocycles. The van der Waals surface area contributed by atoms with Gasteiger partial charge in [0.05, 0.1) is 20.4 Å². The van der Waals surface area contributed by atoms with Gasteiger partial charge in [-0.25, -0.2) is 0 Å². The smallest absolute Gasteiger partial charge is 0.222 e. The van der Waals surface area contributed by atoms with Gasteiger partial charge >= 0.3 is 0 Å². The first-order valence-corrected chi connectivity index (χ1v) is 9.47. The van der Waals surface area contributed by atoms with Gasteiger partial charge in [0.25, 0.3) is 0 Å². The van der Waals surface area contributed by atoms with Crippen LogP contribution in [0.4, 0.5) is 5.82 Å². The lowest BCUT2D eigenvalue weighted by Gasteiger charge is -2.37. The topological polar surface area (TPSA) is 67.8 Å². The van der Waals surface area contributed by atoms with Crippen LogP contribution in [0, 0.1) is 0 Å². The van der Waals surface area contributed by atoms with E-state index in [4.69, 9.17) is 9.47 Å². The molecule has 146 valence electrons. The predicted octanol–water partition coefficient (Wildman–Crippen LogP) is 2.87. The molecule has 1 aromatic carbocycles. The van der Waals surface area contributed by atoms with Gasteiger partial charge in [0.1, 0.15) is 0 Å². The van der Waals surface area contributed by atoms with Gasteiger partial charge in [-0.05, 0) is 31.4 Å². The van der Waals surface area contributed by atoms with Gasteiger partial charge in [0.2, 0.25) is 5.91 Å². The molecular formula is C20H28N4O3. The van der Waals surface area contributed by atoms with E-state index in [1.807, 2.05) is 31.0 Å². The van der Waals surface area contributed by atoms with Gasteiger partial charge in [-0.1, -0.05) is 6.92 Å². The number of methoxy groups -OCH3 is 2. The Bertz CT molecular complexity index is 803. The van der Waals surface area contributed by atoms with E-state index in [-0.39, 0.29) is 11.9 Å². The van der Waals surface area contributed by atoms with Gasteiger partial charge in [-0.2, -0.15) is 5.10 Å². The molecule has 1 aliphatic rings. The quantitative estimate of drug-likeness (QED) is 0.777. The maximum absolute atomic E-state index is 12.2. The number of ether oxygens (including phenoxy) is 2. The molecule has 1 aliphatic heterocycles. The molecule has 0 saturated carbocycles. The Morgan fingerprint density at radius 3 is 2.52 bits per heavy atom. The summed E-state index contributed by atoms with van der Waals surface area (Å²) in [5.74, 6) is 2.45. The van der Waals surface area contributed by atoms with Gasteiger partial charge in [-0.15, -0.1) is 5.10 Å². The van der Waals surface area contributed by atoms with Crippen LogP contribution in [0.5, 0.6) is 11.5 Å². The van der Waals surface area contributed by atoms with Crippen LogP contribution >= 0.6 is 0 Å². The Hall–Kier alpha value is -2.57. The zero-order valence-electron chi connectivity index (χ0n) is 16.6. The van der Waals surface area contributed by atoms with E-state index in [1.54, 1.807) is 20.4 Å². The number of nitrogens with zero attached hydrogens (tertiary/aromatic N) is 4. The van der Waals surface area contributed by atoms with E-state index < -0.39 is 0 Å². The first kappa shape index (κ1) is 19.2. The summed E-state index contributed by atoms with van der Waals surface area (Å²) in [5.41, 5.74) is 0. The van der Waals surface area contributed by atoms with Crippen LogP contribution in [-0.2, 0) is 4.79 Å². The minimum Gasteiger partial charge on any atom is -0.493 e. The van der Waals surface area contributed by atoms with Crippen LogP contribution in [0.3, 0.4) is 0 Å². The lowest BCUT2D eigenvalue weighted by Crippen LogP contribution is -2.45. The Labute approximate surface area is 160 Å². The third-order valence-corrected chi connectivity index (χ3v) is 5.31. The zero-order valence-corrected chi connectivity index (χ0v) is 16.6. The summed E-state index contributed by atoms with van der Waals surface area (Å²) < 4.78 is 10.8. The van der Waals surface area contributed by atoms with Crippen molar-refractivity contribution in [1.29, 1.82) is 0 Å². The highest BCUT2D eigenvalue weighted by Gasteiger charge is 2.26. The molecule has 1 fully saturated rings. The van der Waals surface area contributed by atoms with Crippen molar-refractivity contribution in [3.05, 3.63) is 18.3 Å². The second kappa shape index (κ2) is 8.41. The molecular weight excluding hydrogens is 344 g/mol. The van der Waals surface area contributed by atoms with Crippen molar-refractivity contribution in [3.8, 4) is 11.5 Å². The second-order valence-electron chi connectivity index (χ2n) is 6.94. The van der Waals surface area contributed by atoms with Crippen LogP contribution in [0.2, 0.25) is 0 Å². The fourth-order valence-electron chi connectivity index (χ4n) is 3.69. The van der Waals surface area contributed by atoms with E-state index >= 15 is 0 Å². The van der Waals surface area contributed by atoms with E-state index in [0.29, 0.717) is 17.9 Å². The number of fused-ring (bicyclic) bond motifs is 1. The summed E-state index contributed by atoms with van der Waals surface area (Å²) in [6, 6.07) is 4.18. The fraction of sp³-hybridized carbons (Fsp3) is 0.550. The summed E-state index contributed by atoms with van der Waals surface area (Å²) in [7, 11) is 5.18. The minimum atomic E-state index is 0.234. The summed E-state index contributed by atoms with van der Waals surface area (Å²) in [6.07, 6.45) is 5.10. The molecule has 0 unspecified atom stereocenters. The first-order chi connectivity index (χ1) is 13.1. The largest absolute Gasteiger partial charge is 0.493 e. The molecule has 7 heteroatoms. The van der Waals surface area contributed by atoms with Gasteiger partial charge in [0.15, 0.2) is 17.3 Å². The number of benzene rings is 1. The predicted molar refractivity (Wildman–Crippen MR) is 106 cm³/mol. The molecule has 0 atom stereocenters. The van der Waals surface area contributed by atoms with Gasteiger partial charge < -0.3 is 19.3 Å². The molecule has 0 aliphatic carbocycles. The number of carbonyl (C=O) groups is 1. The number of carbonyl (C=O) groups excluding carboxylic acids is 1. The van der Waals surface area contributed by atoms with Crippen LogP contribution < -0.4 is 14.4 Å². The molecule has 0 N–H and O–H groups in total. The molecule has 0 spiro atoms. The third kappa shape index (κ3) is 3.91. The van der Waals surface area contributed by atoms with E-state index in [1.165, 1.54) is 0 Å². The van der Waals surface area contributed by atoms with Crippen LogP contribution in [0.1, 0.15) is 32.6 Å². The standard InChI is InChI=1S/C20H28N4O3/c1-5-6-19(25)23(2)15-7-9-24(10-8-15)20-16-12-18(27-4)17(26-3)11-14(16)13-21-22-20/h11-13,15H,5-10H2,1-4H3. The maximum atomic E-state index is 12.2. The molecule has 0 radical (unpaired) electrons. The van der Waals surface area contributed by atoms with Crippen LogP contribution in [-0.4, -0.2) is 61.4 Å². The molecule has 1 amide bonds. The Balaban J connectivity index is 1.80. The number of piperidine rings is 1. The Morgan fingerprint density at radius 1 is 1.22 bits per heavy atom. The molecule has 2 heterocycles. The highest BCUT2D eigenvalue weighted by atomic mass is 16.5. The van der Waals surface area contributed by atoms with Crippen molar-refractivity contribution in [2.45, 2.75) is 38.6 Å². The first-order valence-electron chi connectivity index (χ1n) is 9.47. The molecule has 27 heavy (non-hydrogen) atoms. The summed E-state index contributed by atoms with van der Waals surface area (Å²) in [4.78, 5) is 16.3. The number of hydrogen-bond acceptors (Lipinski definition) is 6. The van der Waals surface area contributed by atoms with Gasteiger partial charge in [0, 0.05) is 43.4 Å². The number of amides is 1. The third-order valence-electron chi connectivity index (χ3n) is 5.31. The number of anilines is 1. The molecule has 1 aromatic heterocycles. The van der Waals surface area contributed by atoms with Gasteiger partial charge in [-0.3, -0.25) is 4.79 Å². The van der Waals surface area contributed by atoms with Crippen LogP contribution in [0.15, 0.2) is 18.3 Å². The molecule has 2 aromatic rings. The lowest BCUT2D eigenvalue weighted by molar-refractivity contribution is -0.132. The SMILES string of the molecule is CCCC(=O)N(C)C1CCN(c2nncc3cc(OC)c(OC)cc23)CC1. The van der Waals surface area contributed by atoms with E-state index in [9.17, 15) is 4.79 Å². The second-order valence-corrected chi connectivity index (χ2v) is 6.94. The van der Waals surface area contributed by atoms with Crippen molar-refractivity contribution >= 4 is 22.5 Å². The summed E-state index contributed by atoms with van der Waals surface area (Å²) >= 11 is 0. The zero-order chi connectivity index (χ0) is 19.4. The van der Waals surface area contributed by atoms with Crippen LogP contribution in [0.25, 0.3) is 10.8 Å². The lowest BCUT2D eigenvalue weighted by atomic mass is 10.0. The average molecular weight is 372 g/mol. The number of rotatable bonds is 6. The van der Waals surface area contributed by atoms with Crippen molar-refractivity contribution in [3.63, 3.8) is 0 Å². The van der Waals surface area contributed by atoms with Crippen molar-refractivity contribution in [1.82, 2.24) is 15.1 Å². The van der Waals surface area contributed by atoms with Crippen molar-refractivity contribution in [2.75, 3.05) is 39.3 Å². The monoisotopic (exact) mass is 372 g/mol. The fourth-order valence-corrected chi connectivity index (χ4v) is 3.69. The minimum absolute atomic E-state index is 0.234. The Morgan fingerprint density at radius 2 is 1.89 bits per heavy atom. The number of hydrogen-bond donors (Lipinski definition) is 0.